The molecule has 0 spiro atoms. The third kappa shape index (κ3) is 3.00. The molecular weight excluding hydrogens is 239 g/mol. The van der Waals surface area contributed by atoms with E-state index in [0.717, 1.165) is 5.56 Å². The molecular formula is C12H15FN2OS. The molecule has 5 heteroatoms. The zero-order valence-corrected chi connectivity index (χ0v) is 10.8. The Morgan fingerprint density at radius 3 is 2.65 bits per heavy atom. The summed E-state index contributed by atoms with van der Waals surface area (Å²) in [5.41, 5.74) is 6.33. The highest BCUT2D eigenvalue weighted by atomic mass is 32.1. The summed E-state index contributed by atoms with van der Waals surface area (Å²) >= 11 is 4.81. The van der Waals surface area contributed by atoms with Crippen LogP contribution in [0.1, 0.15) is 22.8 Å². The van der Waals surface area contributed by atoms with Crippen LogP contribution < -0.4 is 5.73 Å². The van der Waals surface area contributed by atoms with E-state index in [1.807, 2.05) is 0 Å². The number of amides is 1. The topological polar surface area (TPSA) is 46.3 Å². The van der Waals surface area contributed by atoms with Gasteiger partial charge in [-0.2, -0.15) is 0 Å². The maximum Gasteiger partial charge on any atom is 0.257 e. The second-order valence-electron chi connectivity index (χ2n) is 3.98. The van der Waals surface area contributed by atoms with Crippen molar-refractivity contribution in [3.05, 3.63) is 35.1 Å². The molecule has 0 aliphatic heterocycles. The lowest BCUT2D eigenvalue weighted by molar-refractivity contribution is 0.0774. The van der Waals surface area contributed by atoms with Crippen molar-refractivity contribution >= 4 is 23.1 Å². The molecule has 1 aromatic rings. The molecule has 0 aromatic heterocycles. The van der Waals surface area contributed by atoms with Crippen LogP contribution in [0.5, 0.6) is 0 Å². The van der Waals surface area contributed by atoms with Crippen molar-refractivity contribution in [2.75, 3.05) is 7.05 Å². The summed E-state index contributed by atoms with van der Waals surface area (Å²) in [6.45, 7) is 3.50. The monoisotopic (exact) mass is 254 g/mol. The summed E-state index contributed by atoms with van der Waals surface area (Å²) in [4.78, 5) is 13.6. The highest BCUT2D eigenvalue weighted by Gasteiger charge is 2.21. The average molecular weight is 254 g/mol. The summed E-state index contributed by atoms with van der Waals surface area (Å²) in [6.07, 6.45) is 0. The molecule has 1 atom stereocenters. The van der Waals surface area contributed by atoms with Gasteiger partial charge in [-0.3, -0.25) is 4.79 Å². The Hall–Kier alpha value is -1.49. The van der Waals surface area contributed by atoms with Crippen LogP contribution in [-0.4, -0.2) is 28.9 Å². The third-order valence-electron chi connectivity index (χ3n) is 2.67. The largest absolute Gasteiger partial charge is 0.392 e. The Balaban J connectivity index is 3.04. The van der Waals surface area contributed by atoms with Crippen LogP contribution in [0.25, 0.3) is 0 Å². The number of hydrogen-bond acceptors (Lipinski definition) is 2. The van der Waals surface area contributed by atoms with Crippen LogP contribution in [0.15, 0.2) is 18.2 Å². The molecule has 0 saturated carbocycles. The first kappa shape index (κ1) is 13.6. The molecule has 1 amide bonds. The van der Waals surface area contributed by atoms with Crippen molar-refractivity contribution in [3.8, 4) is 0 Å². The van der Waals surface area contributed by atoms with Gasteiger partial charge in [-0.1, -0.05) is 23.8 Å². The van der Waals surface area contributed by atoms with Crippen molar-refractivity contribution in [2.45, 2.75) is 19.9 Å². The minimum atomic E-state index is -0.539. The number of nitrogens with zero attached hydrogens (tertiary/aromatic N) is 1. The number of nitrogens with two attached hydrogens (primary N) is 1. The summed E-state index contributed by atoms with van der Waals surface area (Å²) in [6, 6.07) is 4.00. The van der Waals surface area contributed by atoms with E-state index in [-0.39, 0.29) is 10.6 Å². The number of carbonyl (C=O) groups excluding carboxylic acids is 1. The van der Waals surface area contributed by atoms with Crippen molar-refractivity contribution in [1.29, 1.82) is 0 Å². The number of hydrogen-bond donors (Lipinski definition) is 1. The highest BCUT2D eigenvalue weighted by Crippen LogP contribution is 2.13. The van der Waals surface area contributed by atoms with Gasteiger partial charge in [0.15, 0.2) is 0 Å². The van der Waals surface area contributed by atoms with Gasteiger partial charge in [-0.15, -0.1) is 0 Å². The van der Waals surface area contributed by atoms with Gasteiger partial charge in [0.25, 0.3) is 5.91 Å². The van der Waals surface area contributed by atoms with E-state index >= 15 is 0 Å². The molecule has 1 unspecified atom stereocenters. The van der Waals surface area contributed by atoms with Gasteiger partial charge in [0.05, 0.1) is 16.6 Å². The maximum atomic E-state index is 13.5. The molecule has 0 radical (unpaired) electrons. The number of rotatable bonds is 3. The molecule has 0 aliphatic carbocycles. The van der Waals surface area contributed by atoms with Crippen LogP contribution in [0.2, 0.25) is 0 Å². The normalized spacial score (nSPS) is 12.0. The molecule has 0 bridgehead atoms. The van der Waals surface area contributed by atoms with Crippen molar-refractivity contribution < 1.29 is 9.18 Å². The van der Waals surface area contributed by atoms with Crippen LogP contribution in [0.3, 0.4) is 0 Å². The van der Waals surface area contributed by atoms with E-state index in [4.69, 9.17) is 18.0 Å². The molecule has 0 aliphatic rings. The minimum absolute atomic E-state index is 0.0376. The quantitative estimate of drug-likeness (QED) is 0.838. The lowest BCUT2D eigenvalue weighted by Crippen LogP contribution is -2.43. The van der Waals surface area contributed by atoms with Gasteiger partial charge in [-0.25, -0.2) is 4.39 Å². The summed E-state index contributed by atoms with van der Waals surface area (Å²) < 4.78 is 13.5. The van der Waals surface area contributed by atoms with E-state index in [1.165, 1.54) is 17.0 Å². The van der Waals surface area contributed by atoms with Gasteiger partial charge in [-0.05, 0) is 26.0 Å². The van der Waals surface area contributed by atoms with Crippen LogP contribution in [0, 0.1) is 12.7 Å². The van der Waals surface area contributed by atoms with Gasteiger partial charge in [0.2, 0.25) is 0 Å². The van der Waals surface area contributed by atoms with Crippen LogP contribution in [-0.2, 0) is 0 Å². The molecule has 2 N–H and O–H groups in total. The van der Waals surface area contributed by atoms with E-state index < -0.39 is 17.8 Å². The molecule has 1 rings (SSSR count). The lowest BCUT2D eigenvalue weighted by Gasteiger charge is -2.24. The number of likely N-dealkylation sites (N-methyl/N-ethyl adjacent to an activating group) is 1. The molecule has 17 heavy (non-hydrogen) atoms. The fourth-order valence-corrected chi connectivity index (χ4v) is 1.52. The predicted octanol–water partition coefficient (Wildman–Crippen LogP) is 1.88. The van der Waals surface area contributed by atoms with E-state index in [2.05, 4.69) is 0 Å². The van der Waals surface area contributed by atoms with Gasteiger partial charge in [0.1, 0.15) is 5.82 Å². The first-order chi connectivity index (χ1) is 7.84. The number of benzene rings is 1. The SMILES string of the molecule is Cc1ccc(F)c(C(=O)N(C)C(C)C(N)=S)c1. The summed E-state index contributed by atoms with van der Waals surface area (Å²) in [5.74, 6) is -0.964. The number of carbonyl (C=O) groups is 1. The van der Waals surface area contributed by atoms with Gasteiger partial charge < -0.3 is 10.6 Å². The lowest BCUT2D eigenvalue weighted by atomic mass is 10.1. The average Bonchev–Trinajstić information content (AvgIpc) is 2.29. The minimum Gasteiger partial charge on any atom is -0.392 e. The first-order valence-electron chi connectivity index (χ1n) is 5.17. The summed E-state index contributed by atoms with van der Waals surface area (Å²) in [7, 11) is 1.55. The zero-order chi connectivity index (χ0) is 13.2. The van der Waals surface area contributed by atoms with E-state index in [0.29, 0.717) is 0 Å². The van der Waals surface area contributed by atoms with E-state index in [9.17, 15) is 9.18 Å². The Labute approximate surface area is 105 Å². The molecule has 0 fully saturated rings. The van der Waals surface area contributed by atoms with Crippen molar-refractivity contribution in [3.63, 3.8) is 0 Å². The molecule has 3 nitrogen and oxygen atoms in total. The zero-order valence-electron chi connectivity index (χ0n) is 10.0. The molecule has 0 saturated heterocycles. The summed E-state index contributed by atoms with van der Waals surface area (Å²) in [5, 5.41) is 0. The fraction of sp³-hybridized carbons (Fsp3) is 0.333. The van der Waals surface area contributed by atoms with Gasteiger partial charge in [0, 0.05) is 7.05 Å². The molecule has 0 heterocycles. The Bertz CT molecular complexity index is 462. The fourth-order valence-electron chi connectivity index (χ4n) is 1.36. The highest BCUT2D eigenvalue weighted by molar-refractivity contribution is 7.80. The van der Waals surface area contributed by atoms with E-state index in [1.54, 1.807) is 27.0 Å². The Morgan fingerprint density at radius 2 is 2.12 bits per heavy atom. The van der Waals surface area contributed by atoms with Crippen molar-refractivity contribution in [2.24, 2.45) is 5.73 Å². The predicted molar refractivity (Wildman–Crippen MR) is 69.5 cm³/mol. The smallest absolute Gasteiger partial charge is 0.257 e. The van der Waals surface area contributed by atoms with Crippen molar-refractivity contribution in [1.82, 2.24) is 4.90 Å². The molecule has 1 aromatic carbocycles. The maximum absolute atomic E-state index is 13.5. The van der Waals surface area contributed by atoms with Crippen LogP contribution >= 0.6 is 12.2 Å². The third-order valence-corrected chi connectivity index (χ3v) is 3.01. The Morgan fingerprint density at radius 1 is 1.53 bits per heavy atom. The molecule has 92 valence electrons. The number of aryl methyl sites for hydroxylation is 1. The van der Waals surface area contributed by atoms with Gasteiger partial charge >= 0.3 is 0 Å². The standard InChI is InChI=1S/C12H15FN2OS/c1-7-4-5-10(13)9(6-7)12(16)15(3)8(2)11(14)17/h4-6,8H,1-3H3,(H2,14,17). The number of thiocarbonyl (C=S) groups is 1. The Kier molecular flexibility index (Phi) is 4.17. The second kappa shape index (κ2) is 5.23. The van der Waals surface area contributed by atoms with Crippen LogP contribution in [0.4, 0.5) is 4.39 Å². The second-order valence-corrected chi connectivity index (χ2v) is 4.45. The first-order valence-corrected chi connectivity index (χ1v) is 5.58. The number of halogens is 1.